The Hall–Kier alpha value is -2.29. The van der Waals surface area contributed by atoms with Crippen molar-refractivity contribution >= 4 is 5.97 Å². The molecule has 0 amide bonds. The molecule has 3 aliphatic heterocycles. The van der Waals surface area contributed by atoms with Gasteiger partial charge in [-0.3, -0.25) is 0 Å². The number of ether oxygens (including phenoxy) is 5. The number of esters is 1. The average molecular weight is 440 g/mol. The molecule has 4 aliphatic rings. The van der Waals surface area contributed by atoms with E-state index in [4.69, 9.17) is 23.7 Å². The fourth-order valence-corrected chi connectivity index (χ4v) is 4.68. The van der Waals surface area contributed by atoms with Crippen molar-refractivity contribution in [2.45, 2.75) is 75.4 Å². The Bertz CT molecular complexity index is 920. The molecule has 0 aromatic heterocycles. The van der Waals surface area contributed by atoms with Crippen molar-refractivity contribution < 1.29 is 33.6 Å². The minimum atomic E-state index is -1.24. The van der Waals surface area contributed by atoms with E-state index in [-0.39, 0.29) is 0 Å². The Kier molecular flexibility index (Phi) is 6.01. The van der Waals surface area contributed by atoms with Crippen molar-refractivity contribution in [2.24, 2.45) is 0 Å². The van der Waals surface area contributed by atoms with Gasteiger partial charge in [-0.15, -0.1) is 0 Å². The van der Waals surface area contributed by atoms with Crippen molar-refractivity contribution in [1.82, 2.24) is 0 Å². The zero-order chi connectivity index (χ0) is 22.1. The summed E-state index contributed by atoms with van der Waals surface area (Å²) in [4.78, 5) is 12.8. The van der Waals surface area contributed by atoms with E-state index in [9.17, 15) is 9.90 Å². The van der Waals surface area contributed by atoms with E-state index < -0.39 is 48.6 Å². The summed E-state index contributed by atoms with van der Waals surface area (Å²) in [5.74, 6) is -1.73. The molecule has 1 aliphatic carbocycles. The number of aliphatic hydroxyl groups is 1. The van der Waals surface area contributed by atoms with Gasteiger partial charge >= 0.3 is 5.97 Å². The monoisotopic (exact) mass is 440 g/mol. The van der Waals surface area contributed by atoms with E-state index in [2.05, 4.69) is 6.92 Å². The Balaban J connectivity index is 1.39. The van der Waals surface area contributed by atoms with Gasteiger partial charge < -0.3 is 28.8 Å². The smallest absolute Gasteiger partial charge is 0.338 e. The lowest BCUT2D eigenvalue weighted by molar-refractivity contribution is -0.540. The molecule has 7 nitrogen and oxygen atoms in total. The fraction of sp³-hybridized carbons (Fsp3) is 0.480. The highest BCUT2D eigenvalue weighted by Gasteiger charge is 2.68. The van der Waals surface area contributed by atoms with Crippen LogP contribution in [0.15, 0.2) is 60.7 Å². The summed E-state index contributed by atoms with van der Waals surface area (Å²) in [6.07, 6.45) is -2.07. The third kappa shape index (κ3) is 3.95. The molecule has 3 heterocycles. The normalized spacial score (nSPS) is 35.1. The van der Waals surface area contributed by atoms with Crippen LogP contribution in [0.1, 0.15) is 42.1 Å². The third-order valence-electron chi connectivity index (χ3n) is 6.29. The van der Waals surface area contributed by atoms with Crippen LogP contribution in [0, 0.1) is 0 Å². The summed E-state index contributed by atoms with van der Waals surface area (Å²) < 4.78 is 30.4. The Labute approximate surface area is 187 Å². The van der Waals surface area contributed by atoms with Crippen LogP contribution in [0.4, 0.5) is 0 Å². The van der Waals surface area contributed by atoms with Crippen molar-refractivity contribution in [1.29, 1.82) is 0 Å². The van der Waals surface area contributed by atoms with Gasteiger partial charge in [-0.2, -0.15) is 0 Å². The molecule has 4 fully saturated rings. The predicted octanol–water partition coefficient (Wildman–Crippen LogP) is 3.20. The SMILES string of the molecule is CCCC[C@@]12O[C@H]3[C@H](OCc4ccccc4)[C@H](O1)[C@@H](O)[C@@H](O2)[C@H]3OC(=O)c1ccccc1. The second kappa shape index (κ2) is 8.92. The summed E-state index contributed by atoms with van der Waals surface area (Å²) in [6, 6.07) is 18.5. The highest BCUT2D eigenvalue weighted by atomic mass is 16.9. The second-order valence-corrected chi connectivity index (χ2v) is 8.52. The van der Waals surface area contributed by atoms with Gasteiger partial charge in [-0.25, -0.2) is 4.79 Å². The molecule has 2 aromatic carbocycles. The quantitative estimate of drug-likeness (QED) is 0.631. The summed E-state index contributed by atoms with van der Waals surface area (Å²) in [5.41, 5.74) is 1.42. The molecular formula is C25H28O7. The van der Waals surface area contributed by atoms with Crippen LogP contribution in [0.5, 0.6) is 0 Å². The van der Waals surface area contributed by atoms with Gasteiger partial charge in [-0.05, 0) is 24.1 Å². The molecule has 7 atom stereocenters. The predicted molar refractivity (Wildman–Crippen MR) is 114 cm³/mol. The van der Waals surface area contributed by atoms with Gasteiger partial charge in [0.15, 0.2) is 6.10 Å². The molecule has 1 saturated carbocycles. The van der Waals surface area contributed by atoms with Gasteiger partial charge in [0.1, 0.15) is 30.5 Å². The lowest BCUT2D eigenvalue weighted by Crippen LogP contribution is -2.79. The largest absolute Gasteiger partial charge is 0.453 e. The van der Waals surface area contributed by atoms with E-state index in [1.165, 1.54) is 0 Å². The maximum atomic E-state index is 12.8. The van der Waals surface area contributed by atoms with Gasteiger partial charge in [0.2, 0.25) is 0 Å². The molecule has 0 radical (unpaired) electrons. The summed E-state index contributed by atoms with van der Waals surface area (Å²) in [6.45, 7) is 2.40. The first kappa shape index (κ1) is 21.6. The van der Waals surface area contributed by atoms with Gasteiger partial charge in [0.25, 0.3) is 5.97 Å². The molecule has 32 heavy (non-hydrogen) atoms. The van der Waals surface area contributed by atoms with Crippen LogP contribution in [0.2, 0.25) is 0 Å². The van der Waals surface area contributed by atoms with Crippen molar-refractivity contribution in [2.75, 3.05) is 0 Å². The van der Waals surface area contributed by atoms with Crippen molar-refractivity contribution in [3.63, 3.8) is 0 Å². The number of carbonyl (C=O) groups excluding carboxylic acids is 1. The first-order valence-corrected chi connectivity index (χ1v) is 11.2. The zero-order valence-electron chi connectivity index (χ0n) is 18.0. The first-order valence-electron chi connectivity index (χ1n) is 11.2. The maximum Gasteiger partial charge on any atom is 0.338 e. The number of rotatable bonds is 8. The minimum absolute atomic E-state index is 0.324. The lowest BCUT2D eigenvalue weighted by atomic mass is 9.81. The van der Waals surface area contributed by atoms with E-state index >= 15 is 0 Å². The fourth-order valence-electron chi connectivity index (χ4n) is 4.68. The molecule has 3 saturated heterocycles. The Morgan fingerprint density at radius 2 is 1.56 bits per heavy atom. The third-order valence-corrected chi connectivity index (χ3v) is 6.29. The maximum absolute atomic E-state index is 12.8. The molecule has 0 unspecified atom stereocenters. The van der Waals surface area contributed by atoms with E-state index in [0.717, 1.165) is 18.4 Å². The number of aliphatic hydroxyl groups excluding tert-OH is 1. The Morgan fingerprint density at radius 1 is 0.938 bits per heavy atom. The van der Waals surface area contributed by atoms with Crippen LogP contribution < -0.4 is 0 Å². The molecule has 1 N–H and O–H groups in total. The molecule has 7 heteroatoms. The van der Waals surface area contributed by atoms with Crippen molar-refractivity contribution in [3.8, 4) is 0 Å². The number of carbonyl (C=O) groups is 1. The van der Waals surface area contributed by atoms with E-state index in [1.807, 2.05) is 36.4 Å². The zero-order valence-corrected chi connectivity index (χ0v) is 18.0. The molecular weight excluding hydrogens is 412 g/mol. The van der Waals surface area contributed by atoms with Crippen LogP contribution in [0.25, 0.3) is 0 Å². The van der Waals surface area contributed by atoms with Crippen LogP contribution in [0.3, 0.4) is 0 Å². The molecule has 0 spiro atoms. The second-order valence-electron chi connectivity index (χ2n) is 8.52. The van der Waals surface area contributed by atoms with Gasteiger partial charge in [0.05, 0.1) is 12.2 Å². The van der Waals surface area contributed by atoms with E-state index in [0.29, 0.717) is 18.6 Å². The molecule has 2 aromatic rings. The highest BCUT2D eigenvalue weighted by molar-refractivity contribution is 5.89. The number of hydrogen-bond acceptors (Lipinski definition) is 7. The molecule has 6 rings (SSSR count). The summed E-state index contributed by atoms with van der Waals surface area (Å²) >= 11 is 0. The summed E-state index contributed by atoms with van der Waals surface area (Å²) in [7, 11) is 0. The van der Waals surface area contributed by atoms with Crippen LogP contribution in [-0.4, -0.2) is 53.7 Å². The van der Waals surface area contributed by atoms with Gasteiger partial charge in [-0.1, -0.05) is 61.9 Å². The summed E-state index contributed by atoms with van der Waals surface area (Å²) in [5, 5.41) is 11.0. The van der Waals surface area contributed by atoms with Crippen LogP contribution >= 0.6 is 0 Å². The minimum Gasteiger partial charge on any atom is -0.453 e. The lowest BCUT2D eigenvalue weighted by Gasteiger charge is -2.61. The van der Waals surface area contributed by atoms with Gasteiger partial charge in [0, 0.05) is 6.42 Å². The highest BCUT2D eigenvalue weighted by Crippen LogP contribution is 2.49. The van der Waals surface area contributed by atoms with Crippen LogP contribution in [-0.2, 0) is 30.3 Å². The standard InChI is InChI=1S/C25H28O7/c1-2-3-14-25-30-19-18(26)20(31-25)22(29-24(27)17-12-8-5-9-13-17)23(32-25)21(19)28-15-16-10-6-4-7-11-16/h4-13,18-23,26H,2-3,14-15H2,1H3/t18-,19-,20-,21-,22-,23+,25-/m1/s1. The topological polar surface area (TPSA) is 83.5 Å². The average Bonchev–Trinajstić information content (AvgIpc) is 2.83. The molecule has 170 valence electrons. The van der Waals surface area contributed by atoms with E-state index in [1.54, 1.807) is 24.3 Å². The number of benzene rings is 2. The first-order chi connectivity index (χ1) is 15.6. The van der Waals surface area contributed by atoms with Crippen molar-refractivity contribution in [3.05, 3.63) is 71.8 Å². The number of hydrogen-bond donors (Lipinski definition) is 1. The number of unbranched alkanes of at least 4 members (excludes halogenated alkanes) is 1. The Morgan fingerprint density at radius 3 is 2.25 bits per heavy atom. The molecule has 4 bridgehead atoms.